The van der Waals surface area contributed by atoms with Gasteiger partial charge in [0, 0.05) is 21.2 Å². The van der Waals surface area contributed by atoms with Crippen molar-refractivity contribution in [2.45, 2.75) is 13.8 Å². The van der Waals surface area contributed by atoms with Gasteiger partial charge in [0.15, 0.2) is 12.4 Å². The molecule has 0 spiro atoms. The Morgan fingerprint density at radius 1 is 0.906 bits per heavy atom. The first-order chi connectivity index (χ1) is 15.2. The Kier molecular flexibility index (Phi) is 6.29. The molecule has 4 rings (SSSR count). The molecule has 0 fully saturated rings. The molecule has 0 aliphatic heterocycles. The molecule has 32 heavy (non-hydrogen) atoms. The lowest BCUT2D eigenvalue weighted by atomic mass is 10.0. The van der Waals surface area contributed by atoms with E-state index in [4.69, 9.17) is 44.0 Å². The van der Waals surface area contributed by atoms with Crippen LogP contribution in [0.25, 0.3) is 22.3 Å². The van der Waals surface area contributed by atoms with Crippen LogP contribution in [0.4, 0.5) is 0 Å². The van der Waals surface area contributed by atoms with E-state index < -0.39 is 12.4 Å². The van der Waals surface area contributed by atoms with Crippen LogP contribution in [0.3, 0.4) is 0 Å². The van der Waals surface area contributed by atoms with Gasteiger partial charge in [-0.15, -0.1) is 0 Å². The number of aryl methyl sites for hydroxylation is 2. The first-order valence-corrected chi connectivity index (χ1v) is 10.8. The lowest BCUT2D eigenvalue weighted by Gasteiger charge is -2.13. The summed E-state index contributed by atoms with van der Waals surface area (Å²) in [6, 6.07) is 14.9. The second-order valence-corrected chi connectivity index (χ2v) is 8.65. The zero-order valence-electron chi connectivity index (χ0n) is 17.2. The first-order valence-electron chi connectivity index (χ1n) is 9.69. The fourth-order valence-electron chi connectivity index (χ4n) is 3.29. The third kappa shape index (κ3) is 4.40. The molecule has 0 unspecified atom stereocenters. The summed E-state index contributed by atoms with van der Waals surface area (Å²) in [5.41, 5.74) is 2.85. The molecule has 0 amide bonds. The molecule has 0 aliphatic carbocycles. The van der Waals surface area contributed by atoms with Gasteiger partial charge >= 0.3 is 0 Å². The van der Waals surface area contributed by atoms with E-state index in [2.05, 4.69) is 0 Å². The molecule has 0 bridgehead atoms. The van der Waals surface area contributed by atoms with E-state index in [1.54, 1.807) is 36.4 Å². The lowest BCUT2D eigenvalue weighted by Crippen LogP contribution is -2.17. The maximum Gasteiger partial charge on any atom is 0.235 e. The highest BCUT2D eigenvalue weighted by Crippen LogP contribution is 2.33. The number of benzene rings is 3. The summed E-state index contributed by atoms with van der Waals surface area (Å²) < 4.78 is 11.8. The number of carbonyl (C=O) groups is 1. The van der Waals surface area contributed by atoms with Crippen molar-refractivity contribution in [2.75, 3.05) is 6.61 Å². The lowest BCUT2D eigenvalue weighted by molar-refractivity contribution is 0.0920. The average Bonchev–Trinajstić information content (AvgIpc) is 2.75. The summed E-state index contributed by atoms with van der Waals surface area (Å²) in [7, 11) is 0. The van der Waals surface area contributed by atoms with E-state index in [0.717, 1.165) is 11.1 Å². The van der Waals surface area contributed by atoms with Crippen molar-refractivity contribution in [1.82, 2.24) is 0 Å². The molecule has 1 aromatic heterocycles. The quantitative estimate of drug-likeness (QED) is 0.277. The predicted molar refractivity (Wildman–Crippen MR) is 129 cm³/mol. The van der Waals surface area contributed by atoms with Crippen LogP contribution >= 0.6 is 34.8 Å². The molecule has 0 saturated carbocycles. The topological polar surface area (TPSA) is 56.5 Å². The molecular formula is C25H17Cl3O4. The minimum Gasteiger partial charge on any atom is -0.478 e. The third-order valence-electron chi connectivity index (χ3n) is 5.15. The number of ketones is 1. The second kappa shape index (κ2) is 8.99. The number of Topliss-reactive ketones (excluding diaryl/α,β-unsaturated/α-hetero) is 1. The van der Waals surface area contributed by atoms with Crippen LogP contribution in [0, 0.1) is 13.8 Å². The van der Waals surface area contributed by atoms with Gasteiger partial charge in [-0.2, -0.15) is 0 Å². The molecule has 0 atom stereocenters. The maximum absolute atomic E-state index is 13.3. The highest BCUT2D eigenvalue weighted by molar-refractivity contribution is 6.36. The summed E-state index contributed by atoms with van der Waals surface area (Å²) in [5.74, 6) is -0.229. The Balaban J connectivity index is 1.80. The van der Waals surface area contributed by atoms with Crippen molar-refractivity contribution in [1.29, 1.82) is 0 Å². The highest BCUT2D eigenvalue weighted by atomic mass is 35.5. The van der Waals surface area contributed by atoms with Crippen molar-refractivity contribution in [3.8, 4) is 17.1 Å². The number of fused-ring (bicyclic) bond motifs is 1. The van der Waals surface area contributed by atoms with E-state index in [9.17, 15) is 9.59 Å². The number of ether oxygens (including phenoxy) is 1. The Hall–Kier alpha value is -2.79. The summed E-state index contributed by atoms with van der Waals surface area (Å²) in [5, 5.41) is 1.54. The van der Waals surface area contributed by atoms with Gasteiger partial charge in [-0.1, -0.05) is 34.8 Å². The normalized spacial score (nSPS) is 11.0. The molecule has 4 aromatic rings. The third-order valence-corrected chi connectivity index (χ3v) is 5.95. The van der Waals surface area contributed by atoms with E-state index >= 15 is 0 Å². The molecule has 0 saturated heterocycles. The predicted octanol–water partition coefficient (Wildman–Crippen LogP) is 7.30. The van der Waals surface area contributed by atoms with E-state index in [-0.39, 0.29) is 27.5 Å². The summed E-state index contributed by atoms with van der Waals surface area (Å²) in [6.45, 7) is 3.45. The summed E-state index contributed by atoms with van der Waals surface area (Å²) >= 11 is 18.1. The molecule has 7 heteroatoms. The van der Waals surface area contributed by atoms with Crippen LogP contribution in [-0.4, -0.2) is 12.4 Å². The molecule has 4 nitrogen and oxygen atoms in total. The van der Waals surface area contributed by atoms with Gasteiger partial charge in [-0.25, -0.2) is 0 Å². The van der Waals surface area contributed by atoms with E-state index in [0.29, 0.717) is 26.6 Å². The Morgan fingerprint density at radius 3 is 2.25 bits per heavy atom. The Labute approximate surface area is 199 Å². The zero-order chi connectivity index (χ0) is 23.0. The molecule has 0 aliphatic rings. The second-order valence-electron chi connectivity index (χ2n) is 7.36. The van der Waals surface area contributed by atoms with Crippen molar-refractivity contribution in [3.05, 3.63) is 96.6 Å². The van der Waals surface area contributed by atoms with Crippen LogP contribution in [0.5, 0.6) is 5.75 Å². The number of hydrogen-bond donors (Lipinski definition) is 0. The Morgan fingerprint density at radius 2 is 1.56 bits per heavy atom. The van der Waals surface area contributed by atoms with Crippen LogP contribution in [0.2, 0.25) is 15.1 Å². The van der Waals surface area contributed by atoms with Gasteiger partial charge in [-0.05, 0) is 79.6 Å². The van der Waals surface area contributed by atoms with Gasteiger partial charge < -0.3 is 9.15 Å². The number of hydrogen-bond acceptors (Lipinski definition) is 4. The smallest absolute Gasteiger partial charge is 0.235 e. The molecule has 3 aromatic carbocycles. The molecule has 0 radical (unpaired) electrons. The van der Waals surface area contributed by atoms with E-state index in [1.807, 2.05) is 19.9 Å². The van der Waals surface area contributed by atoms with Gasteiger partial charge in [-0.3, -0.25) is 9.59 Å². The highest BCUT2D eigenvalue weighted by Gasteiger charge is 2.20. The summed E-state index contributed by atoms with van der Waals surface area (Å²) in [4.78, 5) is 26.1. The van der Waals surface area contributed by atoms with Gasteiger partial charge in [0.2, 0.25) is 17.0 Å². The van der Waals surface area contributed by atoms with Crippen LogP contribution in [0.15, 0.2) is 63.8 Å². The van der Waals surface area contributed by atoms with Crippen molar-refractivity contribution in [2.24, 2.45) is 0 Å². The first kappa shape index (κ1) is 22.4. The van der Waals surface area contributed by atoms with Gasteiger partial charge in [0.1, 0.15) is 5.58 Å². The van der Waals surface area contributed by atoms with Crippen LogP contribution in [-0.2, 0) is 0 Å². The number of rotatable bonds is 5. The Bertz CT molecular complexity index is 1410. The monoisotopic (exact) mass is 486 g/mol. The molecular weight excluding hydrogens is 471 g/mol. The van der Waals surface area contributed by atoms with Crippen molar-refractivity contribution in [3.63, 3.8) is 0 Å². The van der Waals surface area contributed by atoms with Gasteiger partial charge in [0.05, 0.1) is 10.4 Å². The molecule has 162 valence electrons. The van der Waals surface area contributed by atoms with Gasteiger partial charge in [0.25, 0.3) is 0 Å². The van der Waals surface area contributed by atoms with E-state index in [1.165, 1.54) is 12.1 Å². The standard InChI is InChI=1S/C25H17Cl3O4/c1-13-9-19-22(10-14(13)2)32-24(15-3-5-16(26)6-4-15)25(23(19)30)31-12-21(29)18-8-7-17(27)11-20(18)28/h3-11H,12H2,1-2H3. The minimum atomic E-state index is -0.400. The minimum absolute atomic E-state index is 0.0542. The van der Waals surface area contributed by atoms with Crippen LogP contribution < -0.4 is 10.2 Å². The maximum atomic E-state index is 13.3. The average molecular weight is 488 g/mol. The van der Waals surface area contributed by atoms with Crippen molar-refractivity contribution >= 4 is 51.6 Å². The fourth-order valence-corrected chi connectivity index (χ4v) is 3.93. The molecule has 0 N–H and O–H groups in total. The largest absolute Gasteiger partial charge is 0.478 e. The SMILES string of the molecule is Cc1cc2oc(-c3ccc(Cl)cc3)c(OCC(=O)c3ccc(Cl)cc3Cl)c(=O)c2cc1C. The van der Waals surface area contributed by atoms with Crippen LogP contribution in [0.1, 0.15) is 21.5 Å². The zero-order valence-corrected chi connectivity index (χ0v) is 19.4. The fraction of sp³-hybridized carbons (Fsp3) is 0.120. The number of halogens is 3. The summed E-state index contributed by atoms with van der Waals surface area (Å²) in [6.07, 6.45) is 0. The molecule has 1 heterocycles. The number of carbonyl (C=O) groups excluding carboxylic acids is 1. The van der Waals surface area contributed by atoms with Crippen molar-refractivity contribution < 1.29 is 13.9 Å².